The number of benzene rings is 1. The molecule has 2 unspecified atom stereocenters. The number of likely N-dealkylation sites (tertiary alicyclic amines) is 3. The van der Waals surface area contributed by atoms with Gasteiger partial charge in [0.2, 0.25) is 11.8 Å². The van der Waals surface area contributed by atoms with Gasteiger partial charge in [0.25, 0.3) is 0 Å². The van der Waals surface area contributed by atoms with Crippen molar-refractivity contribution in [2.75, 3.05) is 46.9 Å². The monoisotopic (exact) mass is 429 g/mol. The molecule has 3 fully saturated rings. The summed E-state index contributed by atoms with van der Waals surface area (Å²) in [6, 6.07) is 5.60. The number of carbonyl (C=O) groups excluding carboxylic acids is 2. The Bertz CT molecular complexity index is 793. The van der Waals surface area contributed by atoms with Crippen molar-refractivity contribution >= 4 is 11.8 Å². The highest BCUT2D eigenvalue weighted by atomic mass is 16.5. The summed E-state index contributed by atoms with van der Waals surface area (Å²) in [5, 5.41) is 0. The summed E-state index contributed by atoms with van der Waals surface area (Å²) < 4.78 is 11.0. The van der Waals surface area contributed by atoms with Crippen molar-refractivity contribution in [2.45, 2.75) is 57.0 Å². The Kier molecular flexibility index (Phi) is 7.00. The summed E-state index contributed by atoms with van der Waals surface area (Å²) in [6.07, 6.45) is 7.02. The molecule has 0 saturated carbocycles. The average molecular weight is 430 g/mol. The Morgan fingerprint density at radius 2 is 1.71 bits per heavy atom. The number of hydrogen-bond acceptors (Lipinski definition) is 5. The maximum atomic E-state index is 13.4. The predicted molar refractivity (Wildman–Crippen MR) is 118 cm³/mol. The number of ether oxygens (including phenoxy) is 2. The van der Waals surface area contributed by atoms with Crippen LogP contribution in [-0.2, 0) is 9.59 Å². The second kappa shape index (κ2) is 9.90. The van der Waals surface area contributed by atoms with Crippen LogP contribution in [0.2, 0.25) is 0 Å². The Labute approximate surface area is 185 Å². The molecule has 3 heterocycles. The largest absolute Gasteiger partial charge is 0.497 e. The molecule has 7 nitrogen and oxygen atoms in total. The summed E-state index contributed by atoms with van der Waals surface area (Å²) in [7, 11) is 3.31. The zero-order valence-corrected chi connectivity index (χ0v) is 18.8. The van der Waals surface area contributed by atoms with E-state index in [4.69, 9.17) is 9.47 Å². The zero-order valence-electron chi connectivity index (χ0n) is 18.8. The van der Waals surface area contributed by atoms with Crippen LogP contribution in [0.4, 0.5) is 0 Å². The number of nitrogens with zero attached hydrogens (tertiary/aromatic N) is 3. The molecule has 0 N–H and O–H groups in total. The fraction of sp³-hybridized carbons (Fsp3) is 0.667. The minimum Gasteiger partial charge on any atom is -0.497 e. The maximum absolute atomic E-state index is 13.4. The van der Waals surface area contributed by atoms with Crippen LogP contribution in [0.15, 0.2) is 18.2 Å². The number of rotatable bonds is 6. The van der Waals surface area contributed by atoms with Crippen molar-refractivity contribution in [3.05, 3.63) is 23.8 Å². The molecule has 0 aliphatic carbocycles. The van der Waals surface area contributed by atoms with Gasteiger partial charge in [-0.05, 0) is 63.3 Å². The Balaban J connectivity index is 1.48. The van der Waals surface area contributed by atoms with Gasteiger partial charge >= 0.3 is 0 Å². The molecule has 4 rings (SSSR count). The van der Waals surface area contributed by atoms with Gasteiger partial charge < -0.3 is 19.3 Å². The third-order valence-electron chi connectivity index (χ3n) is 7.02. The fourth-order valence-corrected chi connectivity index (χ4v) is 5.36. The summed E-state index contributed by atoms with van der Waals surface area (Å²) in [4.78, 5) is 32.6. The van der Waals surface area contributed by atoms with Crippen LogP contribution in [0, 0.1) is 0 Å². The van der Waals surface area contributed by atoms with Gasteiger partial charge in [-0.3, -0.25) is 14.5 Å². The van der Waals surface area contributed by atoms with Crippen molar-refractivity contribution in [1.82, 2.24) is 14.7 Å². The normalized spacial score (nSPS) is 24.5. The molecule has 3 aliphatic heterocycles. The van der Waals surface area contributed by atoms with E-state index in [0.29, 0.717) is 6.54 Å². The minimum absolute atomic E-state index is 0.0184. The quantitative estimate of drug-likeness (QED) is 0.696. The molecule has 3 aliphatic rings. The van der Waals surface area contributed by atoms with Crippen LogP contribution in [0.3, 0.4) is 0 Å². The summed E-state index contributed by atoms with van der Waals surface area (Å²) >= 11 is 0. The molecule has 3 saturated heterocycles. The van der Waals surface area contributed by atoms with E-state index in [1.165, 1.54) is 0 Å². The summed E-state index contributed by atoms with van der Waals surface area (Å²) in [5.41, 5.74) is 0.996. The maximum Gasteiger partial charge on any atom is 0.239 e. The van der Waals surface area contributed by atoms with Crippen LogP contribution in [0.5, 0.6) is 11.5 Å². The Morgan fingerprint density at radius 1 is 0.935 bits per heavy atom. The SMILES string of the molecule is COc1ccc(OC)c(C2CCCN2C(=O)CN2CCCCC2C(=O)N2CCCC2)c1. The molecular formula is C24H35N3O4. The molecule has 1 aromatic carbocycles. The minimum atomic E-state index is -0.150. The van der Waals surface area contributed by atoms with Gasteiger partial charge in [0.05, 0.1) is 32.8 Å². The van der Waals surface area contributed by atoms with Crippen LogP contribution in [0.25, 0.3) is 0 Å². The van der Waals surface area contributed by atoms with Gasteiger partial charge in [-0.1, -0.05) is 6.42 Å². The second-order valence-corrected chi connectivity index (χ2v) is 8.87. The van der Waals surface area contributed by atoms with Gasteiger partial charge in [-0.25, -0.2) is 0 Å². The first-order chi connectivity index (χ1) is 15.1. The van der Waals surface area contributed by atoms with E-state index in [-0.39, 0.29) is 23.9 Å². The zero-order chi connectivity index (χ0) is 21.8. The van der Waals surface area contributed by atoms with E-state index >= 15 is 0 Å². The highest BCUT2D eigenvalue weighted by Gasteiger charge is 2.37. The van der Waals surface area contributed by atoms with E-state index < -0.39 is 0 Å². The lowest BCUT2D eigenvalue weighted by atomic mass is 10.0. The van der Waals surface area contributed by atoms with Crippen LogP contribution in [-0.4, -0.2) is 79.5 Å². The third-order valence-corrected chi connectivity index (χ3v) is 7.02. The second-order valence-electron chi connectivity index (χ2n) is 8.87. The fourth-order valence-electron chi connectivity index (χ4n) is 5.36. The van der Waals surface area contributed by atoms with E-state index in [0.717, 1.165) is 88.2 Å². The van der Waals surface area contributed by atoms with Crippen LogP contribution in [0.1, 0.15) is 56.6 Å². The van der Waals surface area contributed by atoms with Crippen molar-refractivity contribution < 1.29 is 19.1 Å². The predicted octanol–water partition coefficient (Wildman–Crippen LogP) is 2.84. The molecule has 170 valence electrons. The molecule has 0 aromatic heterocycles. The molecule has 1 aromatic rings. The number of hydrogen-bond donors (Lipinski definition) is 0. The van der Waals surface area contributed by atoms with E-state index in [1.807, 2.05) is 28.0 Å². The van der Waals surface area contributed by atoms with Gasteiger partial charge in [0, 0.05) is 25.2 Å². The average Bonchev–Trinajstić information content (AvgIpc) is 3.51. The number of methoxy groups -OCH3 is 2. The molecule has 7 heteroatoms. The van der Waals surface area contributed by atoms with E-state index in [2.05, 4.69) is 4.90 Å². The van der Waals surface area contributed by atoms with E-state index in [1.54, 1.807) is 14.2 Å². The standard InChI is InChI=1S/C24H35N3O4/c1-30-18-10-11-22(31-2)19(16-18)20-9-7-15-27(20)23(28)17-26-14-4-3-8-21(26)24(29)25-12-5-6-13-25/h10-11,16,20-21H,3-9,12-15,17H2,1-2H3. The van der Waals surface area contributed by atoms with Gasteiger partial charge in [0.15, 0.2) is 0 Å². The first kappa shape index (κ1) is 21.9. The molecular weight excluding hydrogens is 394 g/mol. The number of carbonyl (C=O) groups is 2. The Morgan fingerprint density at radius 3 is 2.45 bits per heavy atom. The van der Waals surface area contributed by atoms with Crippen molar-refractivity contribution in [3.63, 3.8) is 0 Å². The van der Waals surface area contributed by atoms with Crippen molar-refractivity contribution in [3.8, 4) is 11.5 Å². The van der Waals surface area contributed by atoms with Crippen LogP contribution < -0.4 is 9.47 Å². The lowest BCUT2D eigenvalue weighted by Gasteiger charge is -2.37. The highest BCUT2D eigenvalue weighted by molar-refractivity contribution is 5.84. The lowest BCUT2D eigenvalue weighted by Crippen LogP contribution is -2.53. The summed E-state index contributed by atoms with van der Waals surface area (Å²) in [5.74, 6) is 1.87. The Hall–Kier alpha value is -2.28. The summed E-state index contributed by atoms with van der Waals surface area (Å²) in [6.45, 7) is 3.59. The number of amides is 2. The molecule has 0 radical (unpaired) electrons. The topological polar surface area (TPSA) is 62.3 Å². The van der Waals surface area contributed by atoms with Crippen molar-refractivity contribution in [2.24, 2.45) is 0 Å². The number of piperidine rings is 1. The molecule has 2 atom stereocenters. The lowest BCUT2D eigenvalue weighted by molar-refractivity contribution is -0.140. The first-order valence-corrected chi connectivity index (χ1v) is 11.7. The van der Waals surface area contributed by atoms with Gasteiger partial charge in [-0.15, -0.1) is 0 Å². The third kappa shape index (κ3) is 4.66. The molecule has 31 heavy (non-hydrogen) atoms. The molecule has 2 amide bonds. The van der Waals surface area contributed by atoms with Gasteiger partial charge in [-0.2, -0.15) is 0 Å². The smallest absolute Gasteiger partial charge is 0.239 e. The first-order valence-electron chi connectivity index (χ1n) is 11.7. The highest BCUT2D eigenvalue weighted by Crippen LogP contribution is 2.39. The van der Waals surface area contributed by atoms with Crippen LogP contribution >= 0.6 is 0 Å². The molecule has 0 spiro atoms. The van der Waals surface area contributed by atoms with Crippen molar-refractivity contribution in [1.29, 1.82) is 0 Å². The van der Waals surface area contributed by atoms with E-state index in [9.17, 15) is 9.59 Å². The molecule has 0 bridgehead atoms. The van der Waals surface area contributed by atoms with Gasteiger partial charge in [0.1, 0.15) is 11.5 Å².